The first-order chi connectivity index (χ1) is 6.25. The van der Waals surface area contributed by atoms with Crippen LogP contribution in [-0.4, -0.2) is 4.98 Å². The van der Waals surface area contributed by atoms with Gasteiger partial charge in [0.25, 0.3) is 0 Å². The number of benzene rings is 1. The maximum absolute atomic E-state index is 5.22. The number of oxazole rings is 1. The van der Waals surface area contributed by atoms with Crippen LogP contribution in [0.15, 0.2) is 34.9 Å². The Hall–Kier alpha value is 0.105. The summed E-state index contributed by atoms with van der Waals surface area (Å²) in [7, 11) is 0. The Bertz CT molecular complexity index is 405. The fourth-order valence-corrected chi connectivity index (χ4v) is 1.14. The Balaban J connectivity index is 0.000000980. The third kappa shape index (κ3) is 2.80. The van der Waals surface area contributed by atoms with E-state index in [1.807, 2.05) is 31.2 Å². The number of nitrogens with zero attached hydrogens (tertiary/aromatic N) is 1. The average Bonchev–Trinajstić information content (AvgIpc) is 2.53. The van der Waals surface area contributed by atoms with Crippen molar-refractivity contribution in [3.8, 4) is 11.5 Å². The molecule has 0 fully saturated rings. The zero-order valence-corrected chi connectivity index (χ0v) is 13.4. The van der Waals surface area contributed by atoms with Gasteiger partial charge < -0.3 is 4.42 Å². The molecule has 2 rings (SSSR count). The number of hydrogen-bond donors (Lipinski definition) is 0. The van der Waals surface area contributed by atoms with E-state index in [9.17, 15) is 0 Å². The molecule has 0 spiro atoms. The van der Waals surface area contributed by atoms with Gasteiger partial charge in [-0.3, -0.25) is 4.98 Å². The zero-order valence-electron chi connectivity index (χ0n) is 8.45. The Morgan fingerprint density at radius 2 is 1.86 bits per heavy atom. The molecule has 66 valence electrons. The third-order valence-electron chi connectivity index (χ3n) is 1.85. The normalized spacial score (nSPS) is 9.50. The van der Waals surface area contributed by atoms with Crippen LogP contribution in [0.1, 0.15) is 11.3 Å². The zero-order chi connectivity index (χ0) is 9.26. The molecule has 1 aromatic carbocycles. The molecule has 0 aliphatic carbocycles. The fraction of sp³-hybridized carbons (Fsp3) is 0.0909. The van der Waals surface area contributed by atoms with Gasteiger partial charge in [0.1, 0.15) is 0 Å². The molecule has 0 unspecified atom stereocenters. The predicted octanol–water partition coefficient (Wildman–Crippen LogP) is -0.164. The standard InChI is InChI=1S/C11H10NO.Rb/c1-8-3-5-10(6-4-8)11-12-9(2)7-13-11;/h3-7H,2H2,1H3;/q-1;+1. The van der Waals surface area contributed by atoms with Crippen molar-refractivity contribution in [2.45, 2.75) is 6.92 Å². The SMILES string of the molecule is [CH2-]c1coc(-c2ccc(C)cc2)n1.[Rb+]. The third-order valence-corrected chi connectivity index (χ3v) is 1.85. The van der Waals surface area contributed by atoms with E-state index in [2.05, 4.69) is 11.9 Å². The van der Waals surface area contributed by atoms with Crippen molar-refractivity contribution in [2.75, 3.05) is 0 Å². The molecular weight excluding hydrogens is 248 g/mol. The second-order valence-corrected chi connectivity index (χ2v) is 3.01. The van der Waals surface area contributed by atoms with Gasteiger partial charge in [-0.05, 0) is 25.3 Å². The molecular formula is C11H10NORb. The summed E-state index contributed by atoms with van der Waals surface area (Å²) >= 11 is 0. The van der Waals surface area contributed by atoms with Crippen molar-refractivity contribution >= 4 is 0 Å². The molecule has 0 amide bonds. The van der Waals surface area contributed by atoms with Crippen LogP contribution in [0, 0.1) is 13.8 Å². The molecule has 1 heterocycles. The van der Waals surface area contributed by atoms with Gasteiger partial charge in [-0.15, -0.1) is 0 Å². The fourth-order valence-electron chi connectivity index (χ4n) is 1.14. The van der Waals surface area contributed by atoms with Crippen LogP contribution < -0.4 is 58.2 Å². The topological polar surface area (TPSA) is 26.0 Å². The molecule has 0 atom stereocenters. The minimum absolute atomic E-state index is 0. The van der Waals surface area contributed by atoms with Crippen LogP contribution in [0.2, 0.25) is 0 Å². The van der Waals surface area contributed by atoms with Gasteiger partial charge in [-0.2, -0.15) is 0 Å². The second kappa shape index (κ2) is 5.26. The van der Waals surface area contributed by atoms with Gasteiger partial charge in [0.2, 0.25) is 5.89 Å². The van der Waals surface area contributed by atoms with Gasteiger partial charge in [0, 0.05) is 5.56 Å². The van der Waals surface area contributed by atoms with Crippen LogP contribution in [-0.2, 0) is 0 Å². The maximum Gasteiger partial charge on any atom is 1.00 e. The minimum atomic E-state index is 0. The summed E-state index contributed by atoms with van der Waals surface area (Å²) in [5, 5.41) is 0. The summed E-state index contributed by atoms with van der Waals surface area (Å²) in [5.74, 6) is 0.630. The van der Waals surface area contributed by atoms with Crippen LogP contribution in [0.5, 0.6) is 0 Å². The first-order valence-electron chi connectivity index (χ1n) is 4.10. The van der Waals surface area contributed by atoms with E-state index in [0.29, 0.717) is 11.6 Å². The molecule has 14 heavy (non-hydrogen) atoms. The van der Waals surface area contributed by atoms with Crippen molar-refractivity contribution in [1.82, 2.24) is 4.98 Å². The summed E-state index contributed by atoms with van der Waals surface area (Å²) in [6, 6.07) is 8.03. The summed E-state index contributed by atoms with van der Waals surface area (Å²) in [6.45, 7) is 5.73. The molecule has 3 heteroatoms. The average molecular weight is 258 g/mol. The van der Waals surface area contributed by atoms with Gasteiger partial charge in [0.05, 0.1) is 0 Å². The van der Waals surface area contributed by atoms with E-state index >= 15 is 0 Å². The smallest absolute Gasteiger partial charge is 0.537 e. The Kier molecular flexibility index (Phi) is 4.58. The van der Waals surface area contributed by atoms with Crippen molar-refractivity contribution < 1.29 is 62.6 Å². The summed E-state index contributed by atoms with van der Waals surface area (Å²) in [4.78, 5) is 4.13. The Labute approximate surface area is 133 Å². The van der Waals surface area contributed by atoms with Gasteiger partial charge >= 0.3 is 58.2 Å². The van der Waals surface area contributed by atoms with Crippen LogP contribution in [0.4, 0.5) is 0 Å². The predicted molar refractivity (Wildman–Crippen MR) is 51.1 cm³/mol. The van der Waals surface area contributed by atoms with E-state index < -0.39 is 0 Å². The van der Waals surface area contributed by atoms with Crippen molar-refractivity contribution in [2.24, 2.45) is 0 Å². The quantitative estimate of drug-likeness (QED) is 0.664. The number of aryl methyl sites for hydroxylation is 1. The van der Waals surface area contributed by atoms with Crippen molar-refractivity contribution in [3.05, 3.63) is 48.7 Å². The molecule has 2 aromatic rings. The number of rotatable bonds is 1. The van der Waals surface area contributed by atoms with Gasteiger partial charge in [-0.25, -0.2) is 6.92 Å². The maximum atomic E-state index is 5.22. The summed E-state index contributed by atoms with van der Waals surface area (Å²) in [5.41, 5.74) is 2.88. The second-order valence-electron chi connectivity index (χ2n) is 3.01. The molecule has 0 aliphatic rings. The minimum Gasteiger partial charge on any atom is -0.537 e. The summed E-state index contributed by atoms with van der Waals surface area (Å²) < 4.78 is 5.22. The Morgan fingerprint density at radius 1 is 1.21 bits per heavy atom. The van der Waals surface area contributed by atoms with Gasteiger partial charge in [-0.1, -0.05) is 23.4 Å². The molecule has 0 saturated heterocycles. The van der Waals surface area contributed by atoms with Crippen LogP contribution >= 0.6 is 0 Å². The monoisotopic (exact) mass is 257 g/mol. The van der Waals surface area contributed by atoms with Crippen LogP contribution in [0.3, 0.4) is 0 Å². The van der Waals surface area contributed by atoms with E-state index in [-0.39, 0.29) is 58.2 Å². The summed E-state index contributed by atoms with van der Waals surface area (Å²) in [6.07, 6.45) is 1.55. The van der Waals surface area contributed by atoms with E-state index in [4.69, 9.17) is 4.42 Å². The molecule has 0 radical (unpaired) electrons. The Morgan fingerprint density at radius 3 is 2.36 bits per heavy atom. The molecule has 2 nitrogen and oxygen atoms in total. The number of aromatic nitrogens is 1. The van der Waals surface area contributed by atoms with Crippen LogP contribution in [0.25, 0.3) is 11.5 Å². The van der Waals surface area contributed by atoms with E-state index in [1.54, 1.807) is 6.26 Å². The number of hydrogen-bond acceptors (Lipinski definition) is 2. The molecule has 0 saturated carbocycles. The van der Waals surface area contributed by atoms with Crippen molar-refractivity contribution in [3.63, 3.8) is 0 Å². The molecule has 0 bridgehead atoms. The first-order valence-corrected chi connectivity index (χ1v) is 4.10. The van der Waals surface area contributed by atoms with Crippen molar-refractivity contribution in [1.29, 1.82) is 0 Å². The molecule has 1 aromatic heterocycles. The van der Waals surface area contributed by atoms with Gasteiger partial charge in [0.15, 0.2) is 0 Å². The van der Waals surface area contributed by atoms with E-state index in [0.717, 1.165) is 5.56 Å². The molecule has 0 N–H and O–H groups in total. The first kappa shape index (κ1) is 12.2. The largest absolute Gasteiger partial charge is 1.00 e. The molecule has 0 aliphatic heterocycles. The van der Waals surface area contributed by atoms with E-state index in [1.165, 1.54) is 5.56 Å².